The highest BCUT2D eigenvalue weighted by molar-refractivity contribution is 5.96. The molecule has 4 heteroatoms. The fourth-order valence-corrected chi connectivity index (χ4v) is 3.42. The fourth-order valence-electron chi connectivity index (χ4n) is 3.42. The lowest BCUT2D eigenvalue weighted by molar-refractivity contribution is -0.125. The molecule has 1 fully saturated rings. The van der Waals surface area contributed by atoms with Crippen LogP contribution in [0.25, 0.3) is 0 Å². The van der Waals surface area contributed by atoms with Gasteiger partial charge < -0.3 is 10.6 Å². The first kappa shape index (κ1) is 16.3. The largest absolute Gasteiger partial charge is 0.325 e. The van der Waals surface area contributed by atoms with Crippen molar-refractivity contribution in [2.24, 2.45) is 5.41 Å². The van der Waals surface area contributed by atoms with Gasteiger partial charge in [0, 0.05) is 12.2 Å². The molecule has 1 unspecified atom stereocenters. The van der Waals surface area contributed by atoms with Gasteiger partial charge in [0.1, 0.15) is 0 Å². The molecule has 0 bridgehead atoms. The van der Waals surface area contributed by atoms with E-state index in [1.807, 2.05) is 0 Å². The van der Waals surface area contributed by atoms with Gasteiger partial charge in [-0.2, -0.15) is 0 Å². The zero-order valence-corrected chi connectivity index (χ0v) is 13.5. The summed E-state index contributed by atoms with van der Waals surface area (Å²) >= 11 is 0. The van der Waals surface area contributed by atoms with Crippen LogP contribution in [0.4, 0.5) is 5.69 Å². The lowest BCUT2D eigenvalue weighted by atomic mass is 9.81. The molecule has 0 spiro atoms. The second kappa shape index (κ2) is 6.80. The number of halogens is 1. The minimum absolute atomic E-state index is 0. The topological polar surface area (TPSA) is 41.1 Å². The molecule has 3 rings (SSSR count). The van der Waals surface area contributed by atoms with E-state index < -0.39 is 0 Å². The Bertz CT molecular complexity index is 510. The predicted molar refractivity (Wildman–Crippen MR) is 89.2 cm³/mol. The number of anilines is 1. The van der Waals surface area contributed by atoms with Crippen molar-refractivity contribution in [3.8, 4) is 0 Å². The van der Waals surface area contributed by atoms with Crippen LogP contribution in [0.2, 0.25) is 0 Å². The normalized spacial score (nSPS) is 24.6. The van der Waals surface area contributed by atoms with Gasteiger partial charge >= 0.3 is 0 Å². The summed E-state index contributed by atoms with van der Waals surface area (Å²) in [6, 6.07) is 6.33. The number of nitrogens with one attached hydrogen (secondary N) is 2. The first-order chi connectivity index (χ1) is 9.69. The van der Waals surface area contributed by atoms with Crippen molar-refractivity contribution in [2.75, 3.05) is 18.4 Å². The zero-order valence-electron chi connectivity index (χ0n) is 12.7. The SMILES string of the molecule is CC1(C(=O)Nc2cccc3c2CCCC3)CCCNC1.Cl. The number of benzene rings is 1. The average molecular weight is 309 g/mol. The van der Waals surface area contributed by atoms with E-state index in [2.05, 4.69) is 35.8 Å². The van der Waals surface area contributed by atoms with Crippen molar-refractivity contribution >= 4 is 24.0 Å². The summed E-state index contributed by atoms with van der Waals surface area (Å²) in [4.78, 5) is 12.6. The molecule has 2 N–H and O–H groups in total. The van der Waals surface area contributed by atoms with Gasteiger partial charge in [0.05, 0.1) is 5.41 Å². The summed E-state index contributed by atoms with van der Waals surface area (Å²) in [6.45, 7) is 3.89. The molecule has 0 radical (unpaired) electrons. The van der Waals surface area contributed by atoms with Crippen LogP contribution < -0.4 is 10.6 Å². The van der Waals surface area contributed by atoms with E-state index in [4.69, 9.17) is 0 Å². The molecule has 1 saturated heterocycles. The third-order valence-corrected chi connectivity index (χ3v) is 4.79. The highest BCUT2D eigenvalue weighted by Crippen LogP contribution is 2.31. The minimum Gasteiger partial charge on any atom is -0.325 e. The molecule has 1 amide bonds. The molecule has 3 nitrogen and oxygen atoms in total. The van der Waals surface area contributed by atoms with Gasteiger partial charge in [0.2, 0.25) is 5.91 Å². The summed E-state index contributed by atoms with van der Waals surface area (Å²) < 4.78 is 0. The standard InChI is InChI=1S/C17H24N2O.ClH/c1-17(10-5-11-18-12-17)16(20)19-15-9-4-7-13-6-2-3-8-14(13)15;/h4,7,9,18H,2-3,5-6,8,10-12H2,1H3,(H,19,20);1H. The maximum absolute atomic E-state index is 12.6. The molecule has 1 heterocycles. The number of hydrogen-bond donors (Lipinski definition) is 2. The molecule has 1 aliphatic carbocycles. The number of hydrogen-bond acceptors (Lipinski definition) is 2. The van der Waals surface area contributed by atoms with E-state index in [9.17, 15) is 4.79 Å². The van der Waals surface area contributed by atoms with Crippen LogP contribution in [0.1, 0.15) is 43.7 Å². The predicted octanol–water partition coefficient (Wildman–Crippen LogP) is 3.32. The van der Waals surface area contributed by atoms with Crippen molar-refractivity contribution in [2.45, 2.75) is 45.4 Å². The summed E-state index contributed by atoms with van der Waals surface area (Å²) in [5.74, 6) is 0.170. The van der Waals surface area contributed by atoms with E-state index >= 15 is 0 Å². The van der Waals surface area contributed by atoms with Crippen LogP contribution in [0.3, 0.4) is 0 Å². The van der Waals surface area contributed by atoms with Crippen LogP contribution in [-0.2, 0) is 17.6 Å². The Morgan fingerprint density at radius 3 is 2.81 bits per heavy atom. The number of amides is 1. The van der Waals surface area contributed by atoms with Crippen molar-refractivity contribution in [3.05, 3.63) is 29.3 Å². The molecule has 116 valence electrons. The van der Waals surface area contributed by atoms with Gasteiger partial charge in [-0.05, 0) is 69.2 Å². The van der Waals surface area contributed by atoms with Gasteiger partial charge in [-0.1, -0.05) is 12.1 Å². The van der Waals surface area contributed by atoms with Crippen molar-refractivity contribution in [3.63, 3.8) is 0 Å². The molecule has 0 aromatic heterocycles. The highest BCUT2D eigenvalue weighted by Gasteiger charge is 2.35. The highest BCUT2D eigenvalue weighted by atomic mass is 35.5. The van der Waals surface area contributed by atoms with Crippen molar-refractivity contribution < 1.29 is 4.79 Å². The smallest absolute Gasteiger partial charge is 0.231 e. The Morgan fingerprint density at radius 2 is 2.05 bits per heavy atom. The number of rotatable bonds is 2. The van der Waals surface area contributed by atoms with E-state index in [1.54, 1.807) is 0 Å². The van der Waals surface area contributed by atoms with Gasteiger partial charge in [0.15, 0.2) is 0 Å². The number of carbonyl (C=O) groups is 1. The first-order valence-corrected chi connectivity index (χ1v) is 7.82. The summed E-state index contributed by atoms with van der Waals surface area (Å²) in [5, 5.41) is 6.54. The van der Waals surface area contributed by atoms with E-state index in [-0.39, 0.29) is 23.7 Å². The molecular weight excluding hydrogens is 284 g/mol. The Labute approximate surface area is 133 Å². The lowest BCUT2D eigenvalue weighted by Crippen LogP contribution is -2.46. The number of carbonyl (C=O) groups excluding carboxylic acids is 1. The molecule has 1 aromatic rings. The van der Waals surface area contributed by atoms with Gasteiger partial charge in [-0.3, -0.25) is 4.79 Å². The molecule has 1 aromatic carbocycles. The Morgan fingerprint density at radius 1 is 1.24 bits per heavy atom. The monoisotopic (exact) mass is 308 g/mol. The third-order valence-electron chi connectivity index (χ3n) is 4.79. The average Bonchev–Trinajstić information content (AvgIpc) is 2.48. The fraction of sp³-hybridized carbons (Fsp3) is 0.588. The van der Waals surface area contributed by atoms with E-state index in [0.29, 0.717) is 0 Å². The Balaban J connectivity index is 0.00000161. The molecule has 0 saturated carbocycles. The van der Waals surface area contributed by atoms with Gasteiger partial charge in [-0.15, -0.1) is 12.4 Å². The molecule has 1 aliphatic heterocycles. The maximum atomic E-state index is 12.6. The molecular formula is C17H25ClN2O. The van der Waals surface area contributed by atoms with Crippen LogP contribution in [0, 0.1) is 5.41 Å². The van der Waals surface area contributed by atoms with E-state index in [0.717, 1.165) is 44.5 Å². The first-order valence-electron chi connectivity index (χ1n) is 7.82. The van der Waals surface area contributed by atoms with Crippen LogP contribution >= 0.6 is 12.4 Å². The summed E-state index contributed by atoms with van der Waals surface area (Å²) in [5.41, 5.74) is 3.55. The molecule has 21 heavy (non-hydrogen) atoms. The van der Waals surface area contributed by atoms with Gasteiger partial charge in [-0.25, -0.2) is 0 Å². The lowest BCUT2D eigenvalue weighted by Gasteiger charge is -2.33. The molecule has 1 atom stereocenters. The Hall–Kier alpha value is -1.06. The molecule has 2 aliphatic rings. The van der Waals surface area contributed by atoms with E-state index in [1.165, 1.54) is 24.0 Å². The Kier molecular flexibility index (Phi) is 5.28. The maximum Gasteiger partial charge on any atom is 0.231 e. The number of fused-ring (bicyclic) bond motifs is 1. The minimum atomic E-state index is -0.268. The van der Waals surface area contributed by atoms with Gasteiger partial charge in [0.25, 0.3) is 0 Å². The number of piperidine rings is 1. The van der Waals surface area contributed by atoms with Crippen LogP contribution in [0.5, 0.6) is 0 Å². The summed E-state index contributed by atoms with van der Waals surface area (Å²) in [6.07, 6.45) is 6.81. The van der Waals surface area contributed by atoms with Crippen LogP contribution in [0.15, 0.2) is 18.2 Å². The van der Waals surface area contributed by atoms with Crippen molar-refractivity contribution in [1.29, 1.82) is 0 Å². The van der Waals surface area contributed by atoms with Crippen LogP contribution in [-0.4, -0.2) is 19.0 Å². The second-order valence-corrected chi connectivity index (χ2v) is 6.45. The summed E-state index contributed by atoms with van der Waals surface area (Å²) in [7, 11) is 0. The third kappa shape index (κ3) is 3.41. The zero-order chi connectivity index (χ0) is 14.0. The number of aryl methyl sites for hydroxylation is 1. The quantitative estimate of drug-likeness (QED) is 0.880. The second-order valence-electron chi connectivity index (χ2n) is 6.45. The van der Waals surface area contributed by atoms with Crippen molar-refractivity contribution in [1.82, 2.24) is 5.32 Å².